The van der Waals surface area contributed by atoms with Gasteiger partial charge in [-0.05, 0) is 18.9 Å². The first-order chi connectivity index (χ1) is 8.13. The average Bonchev–Trinajstić information content (AvgIpc) is 3.11. The first-order valence-electron chi connectivity index (χ1n) is 5.29. The second kappa shape index (κ2) is 4.40. The first-order valence-corrected chi connectivity index (χ1v) is 5.29. The fraction of sp³-hybridized carbons (Fsp3) is 0.364. The Balaban J connectivity index is 2.45. The van der Waals surface area contributed by atoms with Crippen molar-refractivity contribution < 1.29 is 14.5 Å². The molecule has 90 valence electrons. The van der Waals surface area contributed by atoms with Crippen LogP contribution in [0.25, 0.3) is 0 Å². The maximum absolute atomic E-state index is 11.7. The molecule has 1 fully saturated rings. The van der Waals surface area contributed by atoms with Gasteiger partial charge in [0, 0.05) is 13.1 Å². The van der Waals surface area contributed by atoms with E-state index in [1.165, 1.54) is 19.2 Å². The molecular formula is C11H12N2O4. The second-order valence-corrected chi connectivity index (χ2v) is 3.80. The minimum atomic E-state index is -0.579. The van der Waals surface area contributed by atoms with Gasteiger partial charge in [0.05, 0.1) is 11.0 Å². The largest absolute Gasteiger partial charge is 0.489 e. The Bertz CT molecular complexity index is 469. The summed E-state index contributed by atoms with van der Waals surface area (Å²) in [5.74, 6) is -0.228. The van der Waals surface area contributed by atoms with Crippen LogP contribution in [0.5, 0.6) is 5.75 Å². The van der Waals surface area contributed by atoms with Crippen molar-refractivity contribution in [3.05, 3.63) is 33.9 Å². The zero-order chi connectivity index (χ0) is 12.4. The molecule has 1 aliphatic carbocycles. The van der Waals surface area contributed by atoms with E-state index >= 15 is 0 Å². The third-order valence-corrected chi connectivity index (χ3v) is 2.47. The lowest BCUT2D eigenvalue weighted by Crippen LogP contribution is -2.20. The molecule has 0 atom stereocenters. The number of rotatable bonds is 4. The number of carbonyl (C=O) groups is 1. The van der Waals surface area contributed by atoms with Crippen molar-refractivity contribution in [2.75, 3.05) is 7.05 Å². The molecule has 6 heteroatoms. The Morgan fingerprint density at radius 3 is 2.76 bits per heavy atom. The van der Waals surface area contributed by atoms with E-state index in [4.69, 9.17) is 4.74 Å². The van der Waals surface area contributed by atoms with Gasteiger partial charge in [-0.25, -0.2) is 0 Å². The van der Waals surface area contributed by atoms with Crippen molar-refractivity contribution in [1.29, 1.82) is 0 Å². The van der Waals surface area contributed by atoms with Gasteiger partial charge < -0.3 is 10.1 Å². The van der Waals surface area contributed by atoms with Crippen molar-refractivity contribution >= 4 is 11.6 Å². The number of amides is 1. The van der Waals surface area contributed by atoms with Crippen LogP contribution in [0, 0.1) is 10.1 Å². The Hall–Kier alpha value is -2.11. The van der Waals surface area contributed by atoms with Crippen LogP contribution in [-0.4, -0.2) is 24.0 Å². The first kappa shape index (κ1) is 11.4. The molecule has 17 heavy (non-hydrogen) atoms. The van der Waals surface area contributed by atoms with Crippen LogP contribution in [0.3, 0.4) is 0 Å². The molecule has 1 amide bonds. The summed E-state index contributed by atoms with van der Waals surface area (Å²) in [6.07, 6.45) is 1.94. The van der Waals surface area contributed by atoms with Gasteiger partial charge in [0.25, 0.3) is 11.6 Å². The van der Waals surface area contributed by atoms with Crippen LogP contribution < -0.4 is 10.1 Å². The Labute approximate surface area is 97.7 Å². The number of nitrogens with zero attached hydrogens (tertiary/aromatic N) is 1. The van der Waals surface area contributed by atoms with Crippen LogP contribution in [-0.2, 0) is 0 Å². The van der Waals surface area contributed by atoms with Crippen molar-refractivity contribution in [3.63, 3.8) is 0 Å². The highest BCUT2D eigenvalue weighted by Gasteiger charge is 2.29. The SMILES string of the molecule is CNC(=O)c1c(OC2CC2)cccc1[N+](=O)[O-]. The molecule has 1 N–H and O–H groups in total. The van der Waals surface area contributed by atoms with E-state index in [2.05, 4.69) is 5.32 Å². The maximum Gasteiger partial charge on any atom is 0.285 e. The Kier molecular flexibility index (Phi) is 2.95. The smallest absolute Gasteiger partial charge is 0.285 e. The van der Waals surface area contributed by atoms with Crippen LogP contribution in [0.2, 0.25) is 0 Å². The molecule has 2 rings (SSSR count). The van der Waals surface area contributed by atoms with Gasteiger partial charge in [-0.15, -0.1) is 0 Å². The number of nitrogens with one attached hydrogen (secondary N) is 1. The van der Waals surface area contributed by atoms with E-state index < -0.39 is 10.8 Å². The monoisotopic (exact) mass is 236 g/mol. The number of nitro groups is 1. The summed E-state index contributed by atoms with van der Waals surface area (Å²) in [4.78, 5) is 22.0. The average molecular weight is 236 g/mol. The highest BCUT2D eigenvalue weighted by atomic mass is 16.6. The highest BCUT2D eigenvalue weighted by Crippen LogP contribution is 2.33. The van der Waals surface area contributed by atoms with Gasteiger partial charge in [0.1, 0.15) is 5.75 Å². The summed E-state index contributed by atoms with van der Waals surface area (Å²) >= 11 is 0. The van der Waals surface area contributed by atoms with Crippen molar-refractivity contribution in [3.8, 4) is 5.75 Å². The Morgan fingerprint density at radius 2 is 2.24 bits per heavy atom. The van der Waals surface area contributed by atoms with Crippen molar-refractivity contribution in [2.45, 2.75) is 18.9 Å². The number of ether oxygens (including phenoxy) is 1. The van der Waals surface area contributed by atoms with Gasteiger partial charge in [-0.2, -0.15) is 0 Å². The number of hydrogen-bond acceptors (Lipinski definition) is 4. The topological polar surface area (TPSA) is 81.5 Å². The van der Waals surface area contributed by atoms with Crippen molar-refractivity contribution in [2.24, 2.45) is 0 Å². The lowest BCUT2D eigenvalue weighted by Gasteiger charge is -2.09. The van der Waals surface area contributed by atoms with Crippen molar-refractivity contribution in [1.82, 2.24) is 5.32 Å². The molecule has 0 bridgehead atoms. The quantitative estimate of drug-likeness (QED) is 0.634. The maximum atomic E-state index is 11.7. The summed E-state index contributed by atoms with van der Waals surface area (Å²) in [5, 5.41) is 13.3. The normalized spacial score (nSPS) is 14.2. The molecule has 1 aromatic rings. The molecule has 0 saturated heterocycles. The van der Waals surface area contributed by atoms with E-state index in [1.54, 1.807) is 6.07 Å². The lowest BCUT2D eigenvalue weighted by atomic mass is 10.1. The number of carbonyl (C=O) groups excluding carboxylic acids is 1. The Morgan fingerprint density at radius 1 is 1.53 bits per heavy atom. The molecule has 0 unspecified atom stereocenters. The molecule has 6 nitrogen and oxygen atoms in total. The van der Waals surface area contributed by atoms with E-state index in [1.807, 2.05) is 0 Å². The lowest BCUT2D eigenvalue weighted by molar-refractivity contribution is -0.385. The molecule has 0 aliphatic heterocycles. The van der Waals surface area contributed by atoms with Gasteiger partial charge >= 0.3 is 0 Å². The minimum absolute atomic E-state index is 0.00750. The summed E-state index contributed by atoms with van der Waals surface area (Å²) in [6.45, 7) is 0. The second-order valence-electron chi connectivity index (χ2n) is 3.80. The number of benzene rings is 1. The predicted octanol–water partition coefficient (Wildman–Crippen LogP) is 1.50. The number of nitro benzene ring substituents is 1. The van der Waals surface area contributed by atoms with Gasteiger partial charge in [-0.3, -0.25) is 14.9 Å². The van der Waals surface area contributed by atoms with Gasteiger partial charge in [-0.1, -0.05) is 6.07 Å². The molecule has 1 saturated carbocycles. The zero-order valence-corrected chi connectivity index (χ0v) is 9.30. The zero-order valence-electron chi connectivity index (χ0n) is 9.30. The third kappa shape index (κ3) is 2.35. The van der Waals surface area contributed by atoms with E-state index in [-0.39, 0.29) is 23.1 Å². The molecule has 1 aromatic carbocycles. The van der Waals surface area contributed by atoms with E-state index in [0.717, 1.165) is 12.8 Å². The fourth-order valence-corrected chi connectivity index (χ4v) is 1.49. The van der Waals surface area contributed by atoms with Crippen LogP contribution in [0.1, 0.15) is 23.2 Å². The highest BCUT2D eigenvalue weighted by molar-refractivity contribution is 6.00. The predicted molar refractivity (Wildman–Crippen MR) is 60.1 cm³/mol. The number of hydrogen-bond donors (Lipinski definition) is 1. The van der Waals surface area contributed by atoms with Gasteiger partial charge in [0.2, 0.25) is 0 Å². The van der Waals surface area contributed by atoms with Gasteiger partial charge in [0.15, 0.2) is 5.56 Å². The van der Waals surface area contributed by atoms with Crippen LogP contribution in [0.15, 0.2) is 18.2 Å². The molecule has 0 radical (unpaired) electrons. The molecule has 0 spiro atoms. The summed E-state index contributed by atoms with van der Waals surface area (Å²) in [7, 11) is 1.43. The summed E-state index contributed by atoms with van der Waals surface area (Å²) in [6, 6.07) is 4.39. The molecule has 0 heterocycles. The third-order valence-electron chi connectivity index (χ3n) is 2.47. The molecule has 1 aliphatic rings. The fourth-order valence-electron chi connectivity index (χ4n) is 1.49. The van der Waals surface area contributed by atoms with E-state index in [0.29, 0.717) is 0 Å². The molecule has 0 aromatic heterocycles. The van der Waals surface area contributed by atoms with Crippen LogP contribution in [0.4, 0.5) is 5.69 Å². The molecular weight excluding hydrogens is 224 g/mol. The van der Waals surface area contributed by atoms with Crippen LogP contribution >= 0.6 is 0 Å². The minimum Gasteiger partial charge on any atom is -0.489 e. The summed E-state index contributed by atoms with van der Waals surface area (Å²) in [5.41, 5.74) is -0.241. The summed E-state index contributed by atoms with van der Waals surface area (Å²) < 4.78 is 5.50. The standard InChI is InChI=1S/C11H12N2O4/c1-12-11(14)10-8(13(15)16)3-2-4-9(10)17-7-5-6-7/h2-4,7H,5-6H2,1H3,(H,12,14). The van der Waals surface area contributed by atoms with E-state index in [9.17, 15) is 14.9 Å².